The molecule has 1 heterocycles. The molecule has 0 bridgehead atoms. The Hall–Kier alpha value is -2.08. The van der Waals surface area contributed by atoms with Gasteiger partial charge < -0.3 is 26.1 Å². The molecule has 1 aromatic carbocycles. The third-order valence-corrected chi connectivity index (χ3v) is 7.11. The lowest BCUT2D eigenvalue weighted by Crippen LogP contribution is -2.49. The normalized spacial score (nSPS) is 22.3. The number of rotatable bonds is 5. The monoisotopic (exact) mass is 398 g/mol. The van der Waals surface area contributed by atoms with E-state index >= 15 is 0 Å². The highest BCUT2D eigenvalue weighted by atomic mass is 16.5. The predicted octanol–water partition coefficient (Wildman–Crippen LogP) is 4.03. The third-order valence-electron chi connectivity index (χ3n) is 7.11. The SMILES string of the molecule is COC1(c2cccc(C(=N)C3CCN(C(=O)NC4CCCCC4)CC3)c2N)CC1. The van der Waals surface area contributed by atoms with Gasteiger partial charge in [-0.25, -0.2) is 4.79 Å². The summed E-state index contributed by atoms with van der Waals surface area (Å²) in [5, 5.41) is 12.0. The fourth-order valence-corrected chi connectivity index (χ4v) is 5.00. The molecule has 0 aromatic heterocycles. The summed E-state index contributed by atoms with van der Waals surface area (Å²) < 4.78 is 5.70. The molecule has 4 N–H and O–H groups in total. The minimum absolute atomic E-state index is 0.0687. The number of amides is 2. The van der Waals surface area contributed by atoms with Crippen molar-refractivity contribution in [2.45, 2.75) is 69.4 Å². The van der Waals surface area contributed by atoms with E-state index in [1.165, 1.54) is 19.3 Å². The molecule has 3 fully saturated rings. The highest BCUT2D eigenvalue weighted by Crippen LogP contribution is 2.51. The number of carbonyl (C=O) groups is 1. The third kappa shape index (κ3) is 4.13. The number of likely N-dealkylation sites (tertiary alicyclic amines) is 1. The summed E-state index contributed by atoms with van der Waals surface area (Å²) in [4.78, 5) is 14.5. The van der Waals surface area contributed by atoms with Gasteiger partial charge in [-0.1, -0.05) is 37.5 Å². The molecule has 4 rings (SSSR count). The quantitative estimate of drug-likeness (QED) is 0.517. The van der Waals surface area contributed by atoms with Crippen molar-refractivity contribution in [1.29, 1.82) is 5.41 Å². The Bertz CT molecular complexity index is 760. The van der Waals surface area contributed by atoms with Crippen molar-refractivity contribution in [2.24, 2.45) is 5.92 Å². The van der Waals surface area contributed by atoms with Crippen LogP contribution in [0.3, 0.4) is 0 Å². The zero-order chi connectivity index (χ0) is 20.4. The van der Waals surface area contributed by atoms with Crippen molar-refractivity contribution in [3.63, 3.8) is 0 Å². The molecule has 0 unspecified atom stereocenters. The minimum atomic E-state index is -0.249. The molecular weight excluding hydrogens is 364 g/mol. The number of methoxy groups -OCH3 is 1. The van der Waals surface area contributed by atoms with E-state index in [9.17, 15) is 4.79 Å². The average Bonchev–Trinajstić information content (AvgIpc) is 3.55. The molecule has 2 saturated carbocycles. The lowest BCUT2D eigenvalue weighted by Gasteiger charge is -2.34. The summed E-state index contributed by atoms with van der Waals surface area (Å²) >= 11 is 0. The Labute approximate surface area is 173 Å². The van der Waals surface area contributed by atoms with Gasteiger partial charge in [0.2, 0.25) is 0 Å². The van der Waals surface area contributed by atoms with E-state index < -0.39 is 0 Å². The van der Waals surface area contributed by atoms with Gasteiger partial charge in [0.15, 0.2) is 0 Å². The van der Waals surface area contributed by atoms with Crippen LogP contribution in [-0.4, -0.2) is 42.9 Å². The van der Waals surface area contributed by atoms with Gasteiger partial charge in [-0.2, -0.15) is 0 Å². The number of piperidine rings is 1. The van der Waals surface area contributed by atoms with Crippen LogP contribution in [0.1, 0.15) is 68.9 Å². The number of carbonyl (C=O) groups excluding carboxylic acids is 1. The molecule has 6 heteroatoms. The van der Waals surface area contributed by atoms with Crippen molar-refractivity contribution in [1.82, 2.24) is 10.2 Å². The molecule has 1 aromatic rings. The van der Waals surface area contributed by atoms with Crippen LogP contribution in [-0.2, 0) is 10.3 Å². The number of hydrogen-bond acceptors (Lipinski definition) is 4. The Balaban J connectivity index is 1.36. The molecule has 2 aliphatic carbocycles. The number of hydrogen-bond donors (Lipinski definition) is 3. The van der Waals surface area contributed by atoms with Gasteiger partial charge in [-0.3, -0.25) is 0 Å². The van der Waals surface area contributed by atoms with Crippen LogP contribution in [0.15, 0.2) is 18.2 Å². The molecule has 0 radical (unpaired) electrons. The van der Waals surface area contributed by atoms with E-state index in [0.717, 1.165) is 49.7 Å². The van der Waals surface area contributed by atoms with Gasteiger partial charge in [-0.05, 0) is 38.5 Å². The second-order valence-electron chi connectivity index (χ2n) is 8.92. The second-order valence-corrected chi connectivity index (χ2v) is 8.92. The molecular formula is C23H34N4O2. The van der Waals surface area contributed by atoms with Gasteiger partial charge in [0.25, 0.3) is 0 Å². The molecule has 1 saturated heterocycles. The number of nitrogens with two attached hydrogens (primary N) is 1. The molecule has 0 atom stereocenters. The van der Waals surface area contributed by atoms with Crippen LogP contribution in [0, 0.1) is 11.3 Å². The van der Waals surface area contributed by atoms with Crippen LogP contribution in [0.5, 0.6) is 0 Å². The van der Waals surface area contributed by atoms with Crippen molar-refractivity contribution in [2.75, 3.05) is 25.9 Å². The Morgan fingerprint density at radius 1 is 1.17 bits per heavy atom. The first-order valence-corrected chi connectivity index (χ1v) is 11.1. The number of anilines is 1. The van der Waals surface area contributed by atoms with Crippen molar-refractivity contribution < 1.29 is 9.53 Å². The maximum absolute atomic E-state index is 12.6. The lowest BCUT2D eigenvalue weighted by atomic mass is 9.86. The summed E-state index contributed by atoms with van der Waals surface area (Å²) in [6.45, 7) is 1.40. The first-order chi connectivity index (χ1) is 14.0. The van der Waals surface area contributed by atoms with Crippen molar-refractivity contribution in [3.05, 3.63) is 29.3 Å². The van der Waals surface area contributed by atoms with Crippen LogP contribution in [0.25, 0.3) is 0 Å². The minimum Gasteiger partial charge on any atom is -0.398 e. The van der Waals surface area contributed by atoms with Gasteiger partial charge in [0, 0.05) is 54.7 Å². The molecule has 3 aliphatic rings. The lowest BCUT2D eigenvalue weighted by molar-refractivity contribution is 0.0795. The highest BCUT2D eigenvalue weighted by Gasteiger charge is 2.46. The van der Waals surface area contributed by atoms with E-state index in [1.807, 2.05) is 23.1 Å². The summed E-state index contributed by atoms with van der Waals surface area (Å²) in [7, 11) is 1.73. The van der Waals surface area contributed by atoms with Crippen LogP contribution in [0.2, 0.25) is 0 Å². The number of para-hydroxylation sites is 1. The van der Waals surface area contributed by atoms with E-state index in [0.29, 0.717) is 30.5 Å². The van der Waals surface area contributed by atoms with Gasteiger partial charge in [-0.15, -0.1) is 0 Å². The molecule has 6 nitrogen and oxygen atoms in total. The van der Waals surface area contributed by atoms with Gasteiger partial charge >= 0.3 is 6.03 Å². The number of ether oxygens (including phenoxy) is 1. The van der Waals surface area contributed by atoms with E-state index in [1.54, 1.807) is 7.11 Å². The Morgan fingerprint density at radius 3 is 2.48 bits per heavy atom. The highest BCUT2D eigenvalue weighted by molar-refractivity contribution is 6.04. The summed E-state index contributed by atoms with van der Waals surface area (Å²) in [6.07, 6.45) is 9.53. The van der Waals surface area contributed by atoms with Gasteiger partial charge in [0.05, 0.1) is 5.60 Å². The molecule has 29 heavy (non-hydrogen) atoms. The van der Waals surface area contributed by atoms with Crippen LogP contribution >= 0.6 is 0 Å². The summed E-state index contributed by atoms with van der Waals surface area (Å²) in [5.74, 6) is 0.143. The number of benzene rings is 1. The van der Waals surface area contributed by atoms with E-state index in [-0.39, 0.29) is 17.6 Å². The maximum Gasteiger partial charge on any atom is 0.317 e. The number of nitrogen functional groups attached to an aromatic ring is 1. The fraction of sp³-hybridized carbons (Fsp3) is 0.652. The zero-order valence-electron chi connectivity index (χ0n) is 17.5. The number of nitrogens with one attached hydrogen (secondary N) is 2. The number of nitrogens with zero attached hydrogens (tertiary/aromatic N) is 1. The van der Waals surface area contributed by atoms with Crippen LogP contribution in [0.4, 0.5) is 10.5 Å². The second kappa shape index (κ2) is 8.34. The molecule has 158 valence electrons. The first-order valence-electron chi connectivity index (χ1n) is 11.1. The molecule has 2 amide bonds. The van der Waals surface area contributed by atoms with E-state index in [4.69, 9.17) is 15.9 Å². The largest absolute Gasteiger partial charge is 0.398 e. The van der Waals surface area contributed by atoms with Gasteiger partial charge in [0.1, 0.15) is 0 Å². The molecule has 1 aliphatic heterocycles. The van der Waals surface area contributed by atoms with Crippen molar-refractivity contribution >= 4 is 17.4 Å². The zero-order valence-corrected chi connectivity index (χ0v) is 17.5. The average molecular weight is 399 g/mol. The Morgan fingerprint density at radius 2 is 1.86 bits per heavy atom. The fourth-order valence-electron chi connectivity index (χ4n) is 5.00. The van der Waals surface area contributed by atoms with Crippen LogP contribution < -0.4 is 11.1 Å². The maximum atomic E-state index is 12.6. The summed E-state index contributed by atoms with van der Waals surface area (Å²) in [5.41, 5.74) is 9.37. The first kappa shape index (κ1) is 20.2. The van der Waals surface area contributed by atoms with E-state index in [2.05, 4.69) is 5.32 Å². The smallest absolute Gasteiger partial charge is 0.317 e. The molecule has 0 spiro atoms. The number of urea groups is 1. The summed E-state index contributed by atoms with van der Waals surface area (Å²) in [6, 6.07) is 6.38. The predicted molar refractivity (Wildman–Crippen MR) is 115 cm³/mol. The van der Waals surface area contributed by atoms with Crippen molar-refractivity contribution in [3.8, 4) is 0 Å². The Kier molecular flexibility index (Phi) is 5.81. The standard InChI is InChI=1S/C23H34N4O2/c1-29-23(12-13-23)19-9-5-8-18(21(19)25)20(24)16-10-14-27(15-11-16)22(28)26-17-6-3-2-4-7-17/h5,8-9,16-17,24H,2-4,6-7,10-15,25H2,1H3,(H,26,28). The topological polar surface area (TPSA) is 91.4 Å².